The van der Waals surface area contributed by atoms with Gasteiger partial charge in [0.05, 0.1) is 11.4 Å². The van der Waals surface area contributed by atoms with Gasteiger partial charge in [0.15, 0.2) is 0 Å². The summed E-state index contributed by atoms with van der Waals surface area (Å²) in [6, 6.07) is 18.1. The van der Waals surface area contributed by atoms with Gasteiger partial charge < -0.3 is 10.1 Å². The van der Waals surface area contributed by atoms with Crippen LogP contribution in [0.15, 0.2) is 54.6 Å². The third-order valence-corrected chi connectivity index (χ3v) is 5.41. The van der Waals surface area contributed by atoms with Gasteiger partial charge in [-0.1, -0.05) is 54.1 Å². The second-order valence-electron chi connectivity index (χ2n) is 6.80. The largest absolute Gasteiger partial charge is 0.448 e. The van der Waals surface area contributed by atoms with E-state index >= 15 is 0 Å². The number of hydrogen-bond donors (Lipinski definition) is 1. The Kier molecular flexibility index (Phi) is 7.00. The van der Waals surface area contributed by atoms with E-state index in [-0.39, 0.29) is 12.5 Å². The summed E-state index contributed by atoms with van der Waals surface area (Å²) in [6.45, 7) is 2.87. The van der Waals surface area contributed by atoms with Crippen LogP contribution < -0.4 is 5.32 Å². The van der Waals surface area contributed by atoms with E-state index < -0.39 is 11.6 Å². The Hall–Kier alpha value is -1.75. The van der Waals surface area contributed by atoms with Gasteiger partial charge in [-0.3, -0.25) is 4.90 Å². The van der Waals surface area contributed by atoms with Crippen molar-refractivity contribution < 1.29 is 9.53 Å². The molecule has 0 radical (unpaired) electrons. The number of rotatable bonds is 6. The molecular formula is C21H24Cl2N2O2. The van der Waals surface area contributed by atoms with E-state index in [0.717, 1.165) is 38.0 Å². The molecule has 4 nitrogen and oxygen atoms in total. The van der Waals surface area contributed by atoms with Gasteiger partial charge in [0.25, 0.3) is 0 Å². The standard InChI is InChI=1S/C21H24Cl2N2O2/c22-12-15-27-20(26)24-21(18-6-8-19(23)9-7-18)10-13-25(14-11-21)16-17-4-2-1-3-5-17/h1-9H,10-16H2,(H,24,26). The molecule has 0 aliphatic carbocycles. The molecule has 1 N–H and O–H groups in total. The highest BCUT2D eigenvalue weighted by atomic mass is 35.5. The number of carbonyl (C=O) groups excluding carboxylic acids is 1. The maximum Gasteiger partial charge on any atom is 0.407 e. The normalized spacial score (nSPS) is 16.7. The zero-order valence-electron chi connectivity index (χ0n) is 15.2. The summed E-state index contributed by atoms with van der Waals surface area (Å²) in [5.74, 6) is 0.284. The number of likely N-dealkylation sites (tertiary alicyclic amines) is 1. The SMILES string of the molecule is O=C(NC1(c2ccc(Cl)cc2)CCN(Cc2ccccc2)CC1)OCCCl. The van der Waals surface area contributed by atoms with Crippen molar-refractivity contribution in [1.82, 2.24) is 10.2 Å². The van der Waals surface area contributed by atoms with Crippen molar-refractivity contribution in [2.24, 2.45) is 0 Å². The molecule has 2 aromatic carbocycles. The van der Waals surface area contributed by atoms with Crippen molar-refractivity contribution in [2.75, 3.05) is 25.6 Å². The molecule has 1 fully saturated rings. The van der Waals surface area contributed by atoms with Gasteiger partial charge in [-0.25, -0.2) is 4.79 Å². The number of alkyl carbamates (subject to hydrolysis) is 1. The molecule has 1 aliphatic rings. The van der Waals surface area contributed by atoms with Crippen molar-refractivity contribution in [3.05, 3.63) is 70.7 Å². The summed E-state index contributed by atoms with van der Waals surface area (Å²) in [6.07, 6.45) is 1.18. The fourth-order valence-electron chi connectivity index (χ4n) is 3.55. The molecule has 0 aromatic heterocycles. The predicted molar refractivity (Wildman–Crippen MR) is 109 cm³/mol. The predicted octanol–water partition coefficient (Wildman–Crippen LogP) is 4.80. The Labute approximate surface area is 170 Å². The van der Waals surface area contributed by atoms with Crippen molar-refractivity contribution in [3.8, 4) is 0 Å². The average Bonchev–Trinajstić information content (AvgIpc) is 2.69. The third-order valence-electron chi connectivity index (χ3n) is 5.01. The van der Waals surface area contributed by atoms with E-state index in [1.807, 2.05) is 30.3 Å². The molecule has 1 heterocycles. The van der Waals surface area contributed by atoms with Crippen LogP contribution in [0.2, 0.25) is 5.02 Å². The first-order chi connectivity index (χ1) is 13.1. The Bertz CT molecular complexity index is 730. The van der Waals surface area contributed by atoms with Crippen LogP contribution in [0.1, 0.15) is 24.0 Å². The first kappa shape index (κ1) is 20.0. The average molecular weight is 407 g/mol. The van der Waals surface area contributed by atoms with Gasteiger partial charge >= 0.3 is 6.09 Å². The van der Waals surface area contributed by atoms with Crippen LogP contribution in [-0.4, -0.2) is 36.6 Å². The Balaban J connectivity index is 1.72. The van der Waals surface area contributed by atoms with E-state index in [2.05, 4.69) is 34.5 Å². The van der Waals surface area contributed by atoms with Crippen LogP contribution >= 0.6 is 23.2 Å². The molecule has 1 aliphatic heterocycles. The number of carbonyl (C=O) groups is 1. The summed E-state index contributed by atoms with van der Waals surface area (Å²) in [5, 5.41) is 3.78. The van der Waals surface area contributed by atoms with Crippen molar-refractivity contribution in [3.63, 3.8) is 0 Å². The highest BCUT2D eigenvalue weighted by Crippen LogP contribution is 2.34. The minimum atomic E-state index is -0.457. The number of ether oxygens (including phenoxy) is 1. The first-order valence-corrected chi connectivity index (χ1v) is 10.1. The lowest BCUT2D eigenvalue weighted by atomic mass is 9.81. The van der Waals surface area contributed by atoms with Crippen LogP contribution in [0.4, 0.5) is 4.79 Å². The van der Waals surface area contributed by atoms with E-state index in [9.17, 15) is 4.79 Å². The lowest BCUT2D eigenvalue weighted by Gasteiger charge is -2.42. The maximum absolute atomic E-state index is 12.3. The second kappa shape index (κ2) is 9.45. The second-order valence-corrected chi connectivity index (χ2v) is 7.62. The molecule has 1 saturated heterocycles. The molecule has 1 amide bonds. The van der Waals surface area contributed by atoms with Gasteiger partial charge in [-0.15, -0.1) is 11.6 Å². The molecule has 0 saturated carbocycles. The molecule has 27 heavy (non-hydrogen) atoms. The van der Waals surface area contributed by atoms with Gasteiger partial charge in [0, 0.05) is 24.7 Å². The van der Waals surface area contributed by atoms with Crippen molar-refractivity contribution >= 4 is 29.3 Å². The van der Waals surface area contributed by atoms with Crippen molar-refractivity contribution in [1.29, 1.82) is 0 Å². The fourth-order valence-corrected chi connectivity index (χ4v) is 3.76. The summed E-state index contributed by atoms with van der Waals surface area (Å²) in [7, 11) is 0. The van der Waals surface area contributed by atoms with Crippen molar-refractivity contribution in [2.45, 2.75) is 24.9 Å². The molecule has 0 unspecified atom stereocenters. The van der Waals surface area contributed by atoms with E-state index in [4.69, 9.17) is 27.9 Å². The van der Waals surface area contributed by atoms with Crippen LogP contribution in [0, 0.1) is 0 Å². The molecule has 3 rings (SSSR count). The van der Waals surface area contributed by atoms with Gasteiger partial charge in [-0.2, -0.15) is 0 Å². The summed E-state index contributed by atoms with van der Waals surface area (Å²) in [4.78, 5) is 14.7. The highest BCUT2D eigenvalue weighted by Gasteiger charge is 2.38. The smallest absolute Gasteiger partial charge is 0.407 e. The molecule has 2 aromatic rings. The number of amides is 1. The summed E-state index contributed by atoms with van der Waals surface area (Å²) >= 11 is 11.7. The molecule has 0 atom stereocenters. The van der Waals surface area contributed by atoms with E-state index in [1.54, 1.807) is 0 Å². The van der Waals surface area contributed by atoms with Crippen LogP contribution in [-0.2, 0) is 16.8 Å². The number of hydrogen-bond acceptors (Lipinski definition) is 3. The Morgan fingerprint density at radius 3 is 2.37 bits per heavy atom. The maximum atomic E-state index is 12.3. The zero-order chi connectivity index (χ0) is 19.1. The lowest BCUT2D eigenvalue weighted by molar-refractivity contribution is 0.102. The number of benzene rings is 2. The van der Waals surface area contributed by atoms with Crippen LogP contribution in [0.5, 0.6) is 0 Å². The number of piperidine rings is 1. The third kappa shape index (κ3) is 5.38. The van der Waals surface area contributed by atoms with Gasteiger partial charge in [0.1, 0.15) is 6.61 Å². The Morgan fingerprint density at radius 2 is 1.74 bits per heavy atom. The van der Waals surface area contributed by atoms with E-state index in [1.165, 1.54) is 5.56 Å². The summed E-state index contributed by atoms with van der Waals surface area (Å²) < 4.78 is 5.17. The van der Waals surface area contributed by atoms with Crippen LogP contribution in [0.25, 0.3) is 0 Å². The number of alkyl halides is 1. The number of halogens is 2. The van der Waals surface area contributed by atoms with E-state index in [0.29, 0.717) is 5.02 Å². The molecule has 6 heteroatoms. The highest BCUT2D eigenvalue weighted by molar-refractivity contribution is 6.30. The number of nitrogens with one attached hydrogen (secondary N) is 1. The lowest BCUT2D eigenvalue weighted by Crippen LogP contribution is -2.53. The minimum Gasteiger partial charge on any atom is -0.448 e. The fraction of sp³-hybridized carbons (Fsp3) is 0.381. The summed E-state index contributed by atoms with van der Waals surface area (Å²) in [5.41, 5.74) is 1.89. The monoisotopic (exact) mass is 406 g/mol. The number of nitrogens with zero attached hydrogens (tertiary/aromatic N) is 1. The quantitative estimate of drug-likeness (QED) is 0.700. The first-order valence-electron chi connectivity index (χ1n) is 9.14. The van der Waals surface area contributed by atoms with Gasteiger partial charge in [-0.05, 0) is 36.1 Å². The minimum absolute atomic E-state index is 0.199. The Morgan fingerprint density at radius 1 is 1.07 bits per heavy atom. The topological polar surface area (TPSA) is 41.6 Å². The molecular weight excluding hydrogens is 383 g/mol. The van der Waals surface area contributed by atoms with Crippen LogP contribution in [0.3, 0.4) is 0 Å². The molecule has 144 valence electrons. The molecule has 0 spiro atoms. The molecule has 0 bridgehead atoms. The van der Waals surface area contributed by atoms with Gasteiger partial charge in [0.2, 0.25) is 0 Å². The zero-order valence-corrected chi connectivity index (χ0v) is 16.7.